The number of benzene rings is 3. The van der Waals surface area contributed by atoms with Crippen LogP contribution in [0.5, 0.6) is 0 Å². The zero-order valence-electron chi connectivity index (χ0n) is 19.4. The molecule has 1 heterocycles. The summed E-state index contributed by atoms with van der Waals surface area (Å²) >= 11 is 0. The van der Waals surface area contributed by atoms with Crippen molar-refractivity contribution in [2.75, 3.05) is 33.9 Å². The molecule has 3 aromatic carbocycles. The van der Waals surface area contributed by atoms with Crippen molar-refractivity contribution in [1.82, 2.24) is 0 Å². The molecule has 0 aliphatic carbocycles. The molecule has 1 aliphatic rings. The maximum absolute atomic E-state index is 12.8. The lowest BCUT2D eigenvalue weighted by Crippen LogP contribution is -2.24. The minimum absolute atomic E-state index is 0.182. The molecule has 1 fully saturated rings. The number of carbonyl (C=O) groups is 2. The van der Waals surface area contributed by atoms with Crippen molar-refractivity contribution in [2.45, 2.75) is 33.6 Å². The van der Waals surface area contributed by atoms with Crippen LogP contribution in [-0.4, -0.2) is 25.0 Å². The number of nitrogens with one attached hydrogen (secondary N) is 3. The summed E-state index contributed by atoms with van der Waals surface area (Å²) in [4.78, 5) is 27.8. The van der Waals surface area contributed by atoms with E-state index in [2.05, 4.69) is 20.9 Å². The average Bonchev–Trinajstić information content (AvgIpc) is 3.31. The van der Waals surface area contributed by atoms with Crippen molar-refractivity contribution in [3.05, 3.63) is 82.9 Å². The summed E-state index contributed by atoms with van der Waals surface area (Å²) in [5.41, 5.74) is 6.91. The second kappa shape index (κ2) is 9.77. The van der Waals surface area contributed by atoms with Crippen molar-refractivity contribution in [3.63, 3.8) is 0 Å². The largest absolute Gasteiger partial charge is 0.370 e. The third kappa shape index (κ3) is 5.52. The van der Waals surface area contributed by atoms with E-state index < -0.39 is 0 Å². The highest BCUT2D eigenvalue weighted by Crippen LogP contribution is 2.32. The van der Waals surface area contributed by atoms with E-state index in [1.165, 1.54) is 5.56 Å². The topological polar surface area (TPSA) is 73.5 Å². The van der Waals surface area contributed by atoms with Gasteiger partial charge in [0.1, 0.15) is 0 Å². The van der Waals surface area contributed by atoms with Gasteiger partial charge in [-0.1, -0.05) is 23.8 Å². The molecule has 3 aromatic rings. The molecule has 6 heteroatoms. The van der Waals surface area contributed by atoms with Crippen LogP contribution in [-0.2, 0) is 0 Å². The number of urea groups is 1. The Morgan fingerprint density at radius 3 is 2.21 bits per heavy atom. The second-order valence-corrected chi connectivity index (χ2v) is 8.63. The van der Waals surface area contributed by atoms with E-state index in [9.17, 15) is 9.59 Å². The first kappa shape index (κ1) is 22.4. The first-order valence-corrected chi connectivity index (χ1v) is 11.3. The zero-order valence-corrected chi connectivity index (χ0v) is 19.4. The Bertz CT molecular complexity index is 1180. The quantitative estimate of drug-likeness (QED) is 0.446. The van der Waals surface area contributed by atoms with Crippen LogP contribution in [0.15, 0.2) is 60.7 Å². The molecule has 0 radical (unpaired) electrons. The molecular formula is C27H30N4O2. The molecule has 4 rings (SSSR count). The summed E-state index contributed by atoms with van der Waals surface area (Å²) in [6, 6.07) is 18.6. The van der Waals surface area contributed by atoms with E-state index in [1.807, 2.05) is 75.4 Å². The molecule has 0 unspecified atom stereocenters. The number of anilines is 4. The highest BCUT2D eigenvalue weighted by atomic mass is 16.2. The van der Waals surface area contributed by atoms with Crippen molar-refractivity contribution in [1.29, 1.82) is 0 Å². The minimum Gasteiger partial charge on any atom is -0.370 e. The van der Waals surface area contributed by atoms with Gasteiger partial charge in [0.2, 0.25) is 0 Å². The van der Waals surface area contributed by atoms with Gasteiger partial charge < -0.3 is 20.9 Å². The second-order valence-electron chi connectivity index (χ2n) is 8.63. The van der Waals surface area contributed by atoms with Gasteiger partial charge in [-0.15, -0.1) is 0 Å². The van der Waals surface area contributed by atoms with Gasteiger partial charge in [0.25, 0.3) is 5.91 Å². The molecule has 33 heavy (non-hydrogen) atoms. The number of nitrogens with zero attached hydrogens (tertiary/aromatic N) is 1. The summed E-state index contributed by atoms with van der Waals surface area (Å²) in [6.45, 7) is 7.91. The molecule has 0 bridgehead atoms. The lowest BCUT2D eigenvalue weighted by molar-refractivity contribution is 0.102. The standard InChI is InChI=1S/C27H30N4O2/c1-18-7-6-8-21(15-18)26(32)28-23-11-12-25(31-13-4-5-14-31)24(17-23)30-27(33)29-22-10-9-19(2)20(3)16-22/h6-12,15-17H,4-5,13-14H2,1-3H3,(H,28,32)(H2,29,30,33). The molecule has 0 saturated carbocycles. The van der Waals surface area contributed by atoms with E-state index in [1.54, 1.807) is 6.07 Å². The summed E-state index contributed by atoms with van der Waals surface area (Å²) in [7, 11) is 0. The molecule has 3 N–H and O–H groups in total. The molecule has 1 saturated heterocycles. The van der Waals surface area contributed by atoms with E-state index >= 15 is 0 Å². The number of carbonyl (C=O) groups excluding carboxylic acids is 2. The number of rotatable bonds is 5. The Balaban J connectivity index is 1.55. The lowest BCUT2D eigenvalue weighted by atomic mass is 10.1. The van der Waals surface area contributed by atoms with Crippen LogP contribution >= 0.6 is 0 Å². The maximum Gasteiger partial charge on any atom is 0.323 e. The first-order chi connectivity index (χ1) is 15.9. The SMILES string of the molecule is Cc1cccc(C(=O)Nc2ccc(N3CCCC3)c(NC(=O)Nc3ccc(C)c(C)c3)c2)c1. The molecule has 170 valence electrons. The first-order valence-electron chi connectivity index (χ1n) is 11.3. The Morgan fingerprint density at radius 2 is 1.48 bits per heavy atom. The Hall–Kier alpha value is -3.80. The number of hydrogen-bond acceptors (Lipinski definition) is 3. The van der Waals surface area contributed by atoms with Crippen LogP contribution in [0.4, 0.5) is 27.5 Å². The van der Waals surface area contributed by atoms with Crippen LogP contribution in [0.1, 0.15) is 39.9 Å². The van der Waals surface area contributed by atoms with E-state index in [-0.39, 0.29) is 11.9 Å². The molecule has 0 atom stereocenters. The summed E-state index contributed by atoms with van der Waals surface area (Å²) in [6.07, 6.45) is 2.25. The lowest BCUT2D eigenvalue weighted by Gasteiger charge is -2.22. The third-order valence-corrected chi connectivity index (χ3v) is 5.99. The van der Waals surface area contributed by atoms with Crippen molar-refractivity contribution >= 4 is 34.7 Å². The van der Waals surface area contributed by atoms with Crippen molar-refractivity contribution in [2.24, 2.45) is 0 Å². The predicted molar refractivity (Wildman–Crippen MR) is 136 cm³/mol. The van der Waals surface area contributed by atoms with Gasteiger partial charge in [-0.2, -0.15) is 0 Å². The van der Waals surface area contributed by atoms with Gasteiger partial charge >= 0.3 is 6.03 Å². The van der Waals surface area contributed by atoms with Crippen molar-refractivity contribution < 1.29 is 9.59 Å². The smallest absolute Gasteiger partial charge is 0.323 e. The average molecular weight is 443 g/mol. The van der Waals surface area contributed by atoms with E-state index in [0.29, 0.717) is 16.9 Å². The fraction of sp³-hybridized carbons (Fsp3) is 0.259. The predicted octanol–water partition coefficient (Wildman–Crippen LogP) is 6.11. The Labute approximate surface area is 195 Å². The minimum atomic E-state index is -0.319. The molecule has 3 amide bonds. The van der Waals surface area contributed by atoms with Gasteiger partial charge in [0, 0.05) is 30.0 Å². The van der Waals surface area contributed by atoms with Crippen LogP contribution in [0.2, 0.25) is 0 Å². The van der Waals surface area contributed by atoms with E-state index in [4.69, 9.17) is 0 Å². The maximum atomic E-state index is 12.8. The van der Waals surface area contributed by atoms with Crippen molar-refractivity contribution in [3.8, 4) is 0 Å². The van der Waals surface area contributed by atoms with Crippen LogP contribution in [0.3, 0.4) is 0 Å². The van der Waals surface area contributed by atoms with Gasteiger partial charge in [-0.05, 0) is 87.2 Å². The fourth-order valence-corrected chi connectivity index (χ4v) is 4.04. The van der Waals surface area contributed by atoms with Crippen LogP contribution in [0.25, 0.3) is 0 Å². The Morgan fingerprint density at radius 1 is 0.758 bits per heavy atom. The van der Waals surface area contributed by atoms with Crippen LogP contribution in [0, 0.1) is 20.8 Å². The molecule has 0 spiro atoms. The summed E-state index contributed by atoms with van der Waals surface area (Å²) in [5, 5.41) is 8.85. The molecular weight excluding hydrogens is 412 g/mol. The fourth-order valence-electron chi connectivity index (χ4n) is 4.04. The highest BCUT2D eigenvalue weighted by Gasteiger charge is 2.18. The zero-order chi connectivity index (χ0) is 23.4. The highest BCUT2D eigenvalue weighted by molar-refractivity contribution is 6.06. The molecule has 6 nitrogen and oxygen atoms in total. The molecule has 0 aromatic heterocycles. The van der Waals surface area contributed by atoms with Gasteiger partial charge in [-0.25, -0.2) is 4.79 Å². The normalized spacial score (nSPS) is 13.0. The number of hydrogen-bond donors (Lipinski definition) is 3. The van der Waals surface area contributed by atoms with Gasteiger partial charge in [0.15, 0.2) is 0 Å². The Kier molecular flexibility index (Phi) is 6.63. The number of amides is 3. The monoisotopic (exact) mass is 442 g/mol. The summed E-state index contributed by atoms with van der Waals surface area (Å²) < 4.78 is 0. The molecule has 1 aliphatic heterocycles. The number of aryl methyl sites for hydroxylation is 3. The van der Waals surface area contributed by atoms with Gasteiger partial charge in [-0.3, -0.25) is 4.79 Å². The van der Waals surface area contributed by atoms with E-state index in [0.717, 1.165) is 48.4 Å². The van der Waals surface area contributed by atoms with Gasteiger partial charge in [0.05, 0.1) is 11.4 Å². The van der Waals surface area contributed by atoms with Crippen LogP contribution < -0.4 is 20.9 Å². The summed E-state index contributed by atoms with van der Waals surface area (Å²) in [5.74, 6) is -0.182. The third-order valence-electron chi connectivity index (χ3n) is 5.99.